The first-order valence-electron chi connectivity index (χ1n) is 8.80. The third kappa shape index (κ3) is 12.2. The molecule has 1 fully saturated rings. The smallest absolute Gasteiger partial charge is 0.290 e. The van der Waals surface area contributed by atoms with Crippen molar-refractivity contribution in [2.45, 2.75) is 39.1 Å². The summed E-state index contributed by atoms with van der Waals surface area (Å²) in [6, 6.07) is 4.87. The molecule has 0 radical (unpaired) electrons. The number of phenolic OH excluding ortho intramolecular Hbond substituents is 1. The maximum absolute atomic E-state index is 11.6. The van der Waals surface area contributed by atoms with Gasteiger partial charge >= 0.3 is 0 Å². The van der Waals surface area contributed by atoms with Crippen LogP contribution in [0.15, 0.2) is 18.2 Å². The topological polar surface area (TPSA) is 137 Å². The fourth-order valence-electron chi connectivity index (χ4n) is 2.04. The van der Waals surface area contributed by atoms with Crippen molar-refractivity contribution in [1.29, 1.82) is 0 Å². The number of aliphatic hydroxyl groups is 2. The van der Waals surface area contributed by atoms with Gasteiger partial charge in [-0.2, -0.15) is 0 Å². The van der Waals surface area contributed by atoms with Gasteiger partial charge in [0.2, 0.25) is 0 Å². The Morgan fingerprint density at radius 3 is 2.11 bits per heavy atom. The minimum atomic E-state index is -0.459. The van der Waals surface area contributed by atoms with Crippen molar-refractivity contribution in [2.24, 2.45) is 0 Å². The van der Waals surface area contributed by atoms with Crippen LogP contribution >= 0.6 is 0 Å². The molecule has 2 atom stereocenters. The van der Waals surface area contributed by atoms with Crippen molar-refractivity contribution in [3.63, 3.8) is 0 Å². The summed E-state index contributed by atoms with van der Waals surface area (Å²) in [5, 5.41) is 34.0. The average Bonchev–Trinajstić information content (AvgIpc) is 2.65. The number of amides is 1. The lowest BCUT2D eigenvalue weighted by Gasteiger charge is -2.21. The fourth-order valence-corrected chi connectivity index (χ4v) is 2.04. The molecule has 4 N–H and O–H groups in total. The highest BCUT2D eigenvalue weighted by Crippen LogP contribution is 2.20. The van der Waals surface area contributed by atoms with E-state index >= 15 is 0 Å². The van der Waals surface area contributed by atoms with E-state index in [0.29, 0.717) is 31.8 Å². The highest BCUT2D eigenvalue weighted by Gasteiger charge is 2.17. The number of carboxylic acid groups (broad SMARTS) is 1. The number of methoxy groups -OCH3 is 1. The van der Waals surface area contributed by atoms with Crippen LogP contribution < -0.4 is 0 Å². The standard InChI is InChI=1S/C11H15NO3.C5H10O3.C2H6.CH2O2/c1-12(2)11(14)9-6-8(7-15-3)4-5-10(9)13;6-4-1-5(7)3-8-2-4;1-2;2-1-3/h4-6,13H,7H2,1-3H3;4-7H,1-3H2;1-2H3;1H,(H,2,3). The summed E-state index contributed by atoms with van der Waals surface area (Å²) in [7, 11) is 4.87. The minimum absolute atomic E-state index is 0.00597. The van der Waals surface area contributed by atoms with Crippen LogP contribution in [0, 0.1) is 0 Å². The van der Waals surface area contributed by atoms with Crippen LogP contribution in [0.3, 0.4) is 0 Å². The number of phenols is 1. The van der Waals surface area contributed by atoms with Gasteiger partial charge in [-0.3, -0.25) is 9.59 Å². The monoisotopic (exact) mass is 403 g/mol. The molecule has 2 rings (SSSR count). The molecular formula is C19H33NO8. The largest absolute Gasteiger partial charge is 0.507 e. The third-order valence-electron chi connectivity index (χ3n) is 3.17. The normalized spacial score (nSPS) is 17.4. The van der Waals surface area contributed by atoms with Gasteiger partial charge in [-0.1, -0.05) is 19.9 Å². The number of aromatic hydroxyl groups is 1. The van der Waals surface area contributed by atoms with Crippen molar-refractivity contribution >= 4 is 12.4 Å². The average molecular weight is 403 g/mol. The third-order valence-corrected chi connectivity index (χ3v) is 3.17. The van der Waals surface area contributed by atoms with E-state index in [-0.39, 0.29) is 18.1 Å². The number of hydrogen-bond acceptors (Lipinski definition) is 7. The van der Waals surface area contributed by atoms with Crippen molar-refractivity contribution in [3.05, 3.63) is 29.3 Å². The molecule has 0 saturated carbocycles. The van der Waals surface area contributed by atoms with Crippen LogP contribution in [0.2, 0.25) is 0 Å². The summed E-state index contributed by atoms with van der Waals surface area (Å²) < 4.78 is 9.75. The Balaban J connectivity index is 0. The second-order valence-electron chi connectivity index (χ2n) is 5.67. The van der Waals surface area contributed by atoms with Crippen molar-refractivity contribution in [1.82, 2.24) is 4.90 Å². The molecule has 1 aliphatic rings. The second kappa shape index (κ2) is 16.9. The number of benzene rings is 1. The summed E-state index contributed by atoms with van der Waals surface area (Å²) >= 11 is 0. The summed E-state index contributed by atoms with van der Waals surface area (Å²) in [6.45, 7) is 4.92. The molecule has 0 aromatic heterocycles. The van der Waals surface area contributed by atoms with E-state index < -0.39 is 12.2 Å². The molecule has 9 nitrogen and oxygen atoms in total. The van der Waals surface area contributed by atoms with Gasteiger partial charge in [-0.25, -0.2) is 0 Å². The first-order valence-corrected chi connectivity index (χ1v) is 8.80. The maximum atomic E-state index is 11.6. The van der Waals surface area contributed by atoms with Gasteiger partial charge in [-0.15, -0.1) is 0 Å². The SMILES string of the molecule is CC.COCc1ccc(O)c(C(=O)N(C)C)c1.O=CO.OC1COCC(O)C1. The predicted octanol–water partition coefficient (Wildman–Crippen LogP) is 1.10. The molecule has 2 unspecified atom stereocenters. The van der Waals surface area contributed by atoms with Crippen LogP contribution in [0.1, 0.15) is 36.2 Å². The summed E-state index contributed by atoms with van der Waals surface area (Å²) in [6.07, 6.45) is -0.461. The number of carbonyl (C=O) groups excluding carboxylic acids is 1. The molecule has 1 aliphatic heterocycles. The van der Waals surface area contributed by atoms with Gasteiger partial charge in [-0.05, 0) is 17.7 Å². The summed E-state index contributed by atoms with van der Waals surface area (Å²) in [5.41, 5.74) is 1.16. The number of ether oxygens (including phenoxy) is 2. The first kappa shape index (κ1) is 28.0. The zero-order chi connectivity index (χ0) is 22.1. The molecule has 1 aromatic rings. The molecule has 1 heterocycles. The molecule has 0 aliphatic carbocycles. The van der Waals surface area contributed by atoms with Crippen molar-refractivity contribution in [3.8, 4) is 5.75 Å². The summed E-state index contributed by atoms with van der Waals surface area (Å²) in [4.78, 5) is 21.4. The van der Waals surface area contributed by atoms with Crippen LogP contribution in [-0.2, 0) is 20.9 Å². The van der Waals surface area contributed by atoms with E-state index in [1.54, 1.807) is 33.3 Å². The van der Waals surface area contributed by atoms with E-state index in [2.05, 4.69) is 0 Å². The van der Waals surface area contributed by atoms with E-state index in [9.17, 15) is 9.90 Å². The van der Waals surface area contributed by atoms with E-state index in [1.807, 2.05) is 13.8 Å². The Kier molecular flexibility index (Phi) is 16.9. The number of aliphatic hydroxyl groups excluding tert-OH is 2. The zero-order valence-corrected chi connectivity index (χ0v) is 17.2. The molecule has 28 heavy (non-hydrogen) atoms. The molecule has 1 amide bonds. The lowest BCUT2D eigenvalue weighted by atomic mass is 10.1. The van der Waals surface area contributed by atoms with E-state index in [1.165, 1.54) is 11.0 Å². The zero-order valence-electron chi connectivity index (χ0n) is 17.2. The Bertz CT molecular complexity index is 543. The molecular weight excluding hydrogens is 370 g/mol. The predicted molar refractivity (Wildman–Crippen MR) is 104 cm³/mol. The van der Waals surface area contributed by atoms with Gasteiger partial charge in [0, 0.05) is 27.6 Å². The molecule has 0 spiro atoms. The Morgan fingerprint density at radius 2 is 1.75 bits per heavy atom. The van der Waals surface area contributed by atoms with Gasteiger partial charge in [0.15, 0.2) is 0 Å². The molecule has 1 aromatic carbocycles. The van der Waals surface area contributed by atoms with E-state index in [0.717, 1.165) is 5.56 Å². The molecule has 1 saturated heterocycles. The molecule has 162 valence electrons. The highest BCUT2D eigenvalue weighted by atomic mass is 16.5. The van der Waals surface area contributed by atoms with Crippen LogP contribution in [-0.4, -0.2) is 84.3 Å². The molecule has 9 heteroatoms. The molecule has 0 bridgehead atoms. The van der Waals surface area contributed by atoms with Crippen LogP contribution in [0.25, 0.3) is 0 Å². The lowest BCUT2D eigenvalue weighted by Crippen LogP contribution is -2.32. The second-order valence-corrected chi connectivity index (χ2v) is 5.67. The van der Waals surface area contributed by atoms with E-state index in [4.69, 9.17) is 29.6 Å². The first-order chi connectivity index (χ1) is 13.3. The number of rotatable bonds is 3. The quantitative estimate of drug-likeness (QED) is 0.551. The lowest BCUT2D eigenvalue weighted by molar-refractivity contribution is -0.122. The fraction of sp³-hybridized carbons (Fsp3) is 0.579. The number of carbonyl (C=O) groups is 2. The van der Waals surface area contributed by atoms with Crippen molar-refractivity contribution < 1.29 is 39.5 Å². The number of nitrogens with zero attached hydrogens (tertiary/aromatic N) is 1. The summed E-state index contributed by atoms with van der Waals surface area (Å²) in [5.74, 6) is -0.223. The number of hydrogen-bond donors (Lipinski definition) is 4. The Hall–Kier alpha value is -2.20. The Labute approximate surface area is 166 Å². The highest BCUT2D eigenvalue weighted by molar-refractivity contribution is 5.96. The van der Waals surface area contributed by atoms with Crippen LogP contribution in [0.4, 0.5) is 0 Å². The maximum Gasteiger partial charge on any atom is 0.290 e. The van der Waals surface area contributed by atoms with Crippen LogP contribution in [0.5, 0.6) is 5.75 Å². The Morgan fingerprint density at radius 1 is 1.25 bits per heavy atom. The van der Waals surface area contributed by atoms with Gasteiger partial charge in [0.25, 0.3) is 12.4 Å². The van der Waals surface area contributed by atoms with Gasteiger partial charge in [0.05, 0.1) is 37.6 Å². The van der Waals surface area contributed by atoms with Gasteiger partial charge in [0.1, 0.15) is 5.75 Å². The van der Waals surface area contributed by atoms with Gasteiger partial charge < -0.3 is 34.8 Å². The van der Waals surface area contributed by atoms with Crippen molar-refractivity contribution in [2.75, 3.05) is 34.4 Å². The minimum Gasteiger partial charge on any atom is -0.507 e.